The molecular weight excluding hydrogens is 370 g/mol. The summed E-state index contributed by atoms with van der Waals surface area (Å²) in [7, 11) is 0. The minimum Gasteiger partial charge on any atom is -0.489 e. The van der Waals surface area contributed by atoms with E-state index in [1.165, 1.54) is 0 Å². The Balaban J connectivity index is 1.51. The van der Waals surface area contributed by atoms with E-state index in [1.807, 2.05) is 115 Å². The summed E-state index contributed by atoms with van der Waals surface area (Å²) in [6, 6.07) is 36.5. The third-order valence-corrected chi connectivity index (χ3v) is 4.87. The number of ketones is 1. The number of benzene rings is 4. The molecule has 4 aromatic rings. The van der Waals surface area contributed by atoms with Crippen LogP contribution in [0.5, 0.6) is 5.75 Å². The highest BCUT2D eigenvalue weighted by molar-refractivity contribution is 6.02. The SMILES string of the molecule is O=C(c1ccc(OCc2ccccc2)cc1)[C@H](Nc1ccccc1)c1ccccc1. The molecular formula is C27H23NO2. The summed E-state index contributed by atoms with van der Waals surface area (Å²) < 4.78 is 5.84. The van der Waals surface area contributed by atoms with Gasteiger partial charge in [-0.1, -0.05) is 78.9 Å². The maximum absolute atomic E-state index is 13.3. The Hall–Kier alpha value is -3.85. The maximum atomic E-state index is 13.3. The van der Waals surface area contributed by atoms with E-state index in [0.717, 1.165) is 22.6 Å². The first kappa shape index (κ1) is 19.5. The smallest absolute Gasteiger partial charge is 0.189 e. The summed E-state index contributed by atoms with van der Waals surface area (Å²) in [5, 5.41) is 3.37. The number of Topliss-reactive ketones (excluding diaryl/α,β-unsaturated/α-hetero) is 1. The van der Waals surface area contributed by atoms with Gasteiger partial charge in [-0.2, -0.15) is 0 Å². The number of para-hydroxylation sites is 1. The van der Waals surface area contributed by atoms with Crippen LogP contribution >= 0.6 is 0 Å². The zero-order valence-corrected chi connectivity index (χ0v) is 16.6. The van der Waals surface area contributed by atoms with Gasteiger partial charge in [0.2, 0.25) is 0 Å². The molecule has 4 rings (SSSR count). The number of rotatable bonds is 8. The van der Waals surface area contributed by atoms with Crippen LogP contribution < -0.4 is 10.1 Å². The van der Waals surface area contributed by atoms with Crippen molar-refractivity contribution in [1.29, 1.82) is 0 Å². The lowest BCUT2D eigenvalue weighted by Gasteiger charge is -2.19. The Bertz CT molecular complexity index is 1060. The molecule has 0 aliphatic carbocycles. The molecule has 0 saturated carbocycles. The number of anilines is 1. The molecule has 3 nitrogen and oxygen atoms in total. The van der Waals surface area contributed by atoms with Crippen LogP contribution in [0.2, 0.25) is 0 Å². The number of nitrogens with one attached hydrogen (secondary N) is 1. The van der Waals surface area contributed by atoms with Crippen molar-refractivity contribution in [3.63, 3.8) is 0 Å². The molecule has 0 saturated heterocycles. The van der Waals surface area contributed by atoms with Crippen molar-refractivity contribution < 1.29 is 9.53 Å². The molecule has 0 aliphatic rings. The quantitative estimate of drug-likeness (QED) is 0.357. The van der Waals surface area contributed by atoms with Gasteiger partial charge in [-0.3, -0.25) is 4.79 Å². The highest BCUT2D eigenvalue weighted by atomic mass is 16.5. The lowest BCUT2D eigenvalue weighted by Crippen LogP contribution is -2.21. The van der Waals surface area contributed by atoms with Crippen LogP contribution in [0, 0.1) is 0 Å². The van der Waals surface area contributed by atoms with Crippen LogP contribution in [0.3, 0.4) is 0 Å². The van der Waals surface area contributed by atoms with Gasteiger partial charge in [0.05, 0.1) is 0 Å². The summed E-state index contributed by atoms with van der Waals surface area (Å²) in [5.74, 6) is 0.752. The third-order valence-electron chi connectivity index (χ3n) is 4.87. The second kappa shape index (κ2) is 9.57. The molecule has 0 radical (unpaired) electrons. The number of hydrogen-bond donors (Lipinski definition) is 1. The Morgan fingerprint density at radius 3 is 1.90 bits per heavy atom. The molecule has 0 unspecified atom stereocenters. The Morgan fingerprint density at radius 2 is 1.27 bits per heavy atom. The molecule has 0 amide bonds. The molecule has 0 bridgehead atoms. The largest absolute Gasteiger partial charge is 0.489 e. The van der Waals surface area contributed by atoms with Crippen molar-refractivity contribution in [2.75, 3.05) is 5.32 Å². The summed E-state index contributed by atoms with van der Waals surface area (Å²) >= 11 is 0. The number of ether oxygens (including phenoxy) is 1. The summed E-state index contributed by atoms with van der Waals surface area (Å²) in [6.07, 6.45) is 0. The number of carbonyl (C=O) groups excluding carboxylic acids is 1. The van der Waals surface area contributed by atoms with E-state index in [1.54, 1.807) is 0 Å². The van der Waals surface area contributed by atoms with Crippen LogP contribution in [0.1, 0.15) is 27.5 Å². The van der Waals surface area contributed by atoms with Gasteiger partial charge in [-0.05, 0) is 47.5 Å². The second-order valence-corrected chi connectivity index (χ2v) is 7.02. The van der Waals surface area contributed by atoms with Crippen molar-refractivity contribution in [1.82, 2.24) is 0 Å². The molecule has 0 fully saturated rings. The average molecular weight is 393 g/mol. The van der Waals surface area contributed by atoms with Gasteiger partial charge in [-0.25, -0.2) is 0 Å². The summed E-state index contributed by atoms with van der Waals surface area (Å²) in [6.45, 7) is 0.496. The van der Waals surface area contributed by atoms with Gasteiger partial charge in [0.1, 0.15) is 18.4 Å². The molecule has 0 spiro atoms. The standard InChI is InChI=1S/C27H23NO2/c29-27(23-16-18-25(19-17-23)30-20-21-10-4-1-5-11-21)26(22-12-6-2-7-13-22)28-24-14-8-3-9-15-24/h1-19,26,28H,20H2/t26-/m1/s1. The van der Waals surface area contributed by atoms with Gasteiger partial charge in [0.25, 0.3) is 0 Å². The molecule has 1 N–H and O–H groups in total. The van der Waals surface area contributed by atoms with Gasteiger partial charge >= 0.3 is 0 Å². The van der Waals surface area contributed by atoms with E-state index in [4.69, 9.17) is 4.74 Å². The van der Waals surface area contributed by atoms with Crippen LogP contribution in [-0.2, 0) is 6.61 Å². The Labute approximate surface area is 177 Å². The van der Waals surface area contributed by atoms with Crippen LogP contribution in [0.15, 0.2) is 115 Å². The molecule has 148 valence electrons. The van der Waals surface area contributed by atoms with Crippen molar-refractivity contribution in [3.8, 4) is 5.75 Å². The molecule has 1 atom stereocenters. The molecule has 0 aliphatic heterocycles. The first-order valence-corrected chi connectivity index (χ1v) is 9.97. The monoisotopic (exact) mass is 393 g/mol. The van der Waals surface area contributed by atoms with Crippen molar-refractivity contribution in [2.24, 2.45) is 0 Å². The van der Waals surface area contributed by atoms with Gasteiger partial charge in [0.15, 0.2) is 5.78 Å². The second-order valence-electron chi connectivity index (χ2n) is 7.02. The molecule has 0 heterocycles. The summed E-state index contributed by atoms with van der Waals surface area (Å²) in [5.41, 5.74) is 3.58. The Kier molecular flexibility index (Phi) is 6.21. The van der Waals surface area contributed by atoms with E-state index in [-0.39, 0.29) is 5.78 Å². The van der Waals surface area contributed by atoms with Crippen molar-refractivity contribution in [2.45, 2.75) is 12.6 Å². The first-order valence-electron chi connectivity index (χ1n) is 9.97. The van der Waals surface area contributed by atoms with Gasteiger partial charge in [0, 0.05) is 11.3 Å². The topological polar surface area (TPSA) is 38.3 Å². The van der Waals surface area contributed by atoms with Crippen molar-refractivity contribution in [3.05, 3.63) is 132 Å². The van der Waals surface area contributed by atoms with Crippen LogP contribution in [-0.4, -0.2) is 5.78 Å². The lowest BCUT2D eigenvalue weighted by atomic mass is 9.97. The number of hydrogen-bond acceptors (Lipinski definition) is 3. The summed E-state index contributed by atoms with van der Waals surface area (Å²) in [4.78, 5) is 13.3. The molecule has 0 aromatic heterocycles. The molecule has 4 aromatic carbocycles. The third kappa shape index (κ3) is 4.95. The predicted molar refractivity (Wildman–Crippen MR) is 121 cm³/mol. The fourth-order valence-corrected chi connectivity index (χ4v) is 3.27. The zero-order valence-electron chi connectivity index (χ0n) is 16.6. The minimum atomic E-state index is -0.468. The van der Waals surface area contributed by atoms with Gasteiger partial charge in [-0.15, -0.1) is 0 Å². The fraction of sp³-hybridized carbons (Fsp3) is 0.0741. The van der Waals surface area contributed by atoms with E-state index in [2.05, 4.69) is 5.32 Å². The predicted octanol–water partition coefficient (Wildman–Crippen LogP) is 6.30. The highest BCUT2D eigenvalue weighted by Crippen LogP contribution is 2.25. The van der Waals surface area contributed by atoms with E-state index < -0.39 is 6.04 Å². The van der Waals surface area contributed by atoms with Crippen LogP contribution in [0.4, 0.5) is 5.69 Å². The first-order chi connectivity index (χ1) is 14.8. The fourth-order valence-electron chi connectivity index (χ4n) is 3.27. The normalized spacial score (nSPS) is 11.5. The van der Waals surface area contributed by atoms with E-state index >= 15 is 0 Å². The molecule has 3 heteroatoms. The molecule has 30 heavy (non-hydrogen) atoms. The lowest BCUT2D eigenvalue weighted by molar-refractivity contribution is 0.0969. The van der Waals surface area contributed by atoms with Crippen molar-refractivity contribution >= 4 is 11.5 Å². The highest BCUT2D eigenvalue weighted by Gasteiger charge is 2.22. The number of carbonyl (C=O) groups is 1. The average Bonchev–Trinajstić information content (AvgIpc) is 2.83. The van der Waals surface area contributed by atoms with Crippen LogP contribution in [0.25, 0.3) is 0 Å². The Morgan fingerprint density at radius 1 is 0.700 bits per heavy atom. The minimum absolute atomic E-state index is 0.0136. The van der Waals surface area contributed by atoms with E-state index in [9.17, 15) is 4.79 Å². The zero-order chi connectivity index (χ0) is 20.6. The maximum Gasteiger partial charge on any atom is 0.189 e. The van der Waals surface area contributed by atoms with Gasteiger partial charge < -0.3 is 10.1 Å². The van der Waals surface area contributed by atoms with E-state index in [0.29, 0.717) is 12.2 Å².